The first-order valence-corrected chi connectivity index (χ1v) is 5.62. The Balaban J connectivity index is 2.22. The van der Waals surface area contributed by atoms with Gasteiger partial charge in [0.05, 0.1) is 4.92 Å². The van der Waals surface area contributed by atoms with Crippen LogP contribution < -0.4 is 11.1 Å². The molecule has 0 unspecified atom stereocenters. The average molecular weight is 247 g/mol. The average Bonchev–Trinajstić information content (AvgIpc) is 2.33. The fourth-order valence-corrected chi connectivity index (χ4v) is 1.93. The lowest BCUT2D eigenvalue weighted by Gasteiger charge is -2.38. The first kappa shape index (κ1) is 12.3. The number of aromatic nitrogens is 1. The van der Waals surface area contributed by atoms with Gasteiger partial charge in [-0.05, 0) is 25.3 Å². The van der Waals surface area contributed by atoms with E-state index in [0.717, 1.165) is 19.3 Å². The standard InChI is InChI=1S/C11H13N5O2/c12-6-8-2-5-14-10(9(8)16(17)18)15-7-11(13)3-1-4-11/h2,5H,1,3-4,7,13H2,(H,14,15). The van der Waals surface area contributed by atoms with Crippen LogP contribution in [0.4, 0.5) is 11.5 Å². The van der Waals surface area contributed by atoms with Crippen molar-refractivity contribution in [2.45, 2.75) is 24.8 Å². The van der Waals surface area contributed by atoms with Crippen molar-refractivity contribution in [2.24, 2.45) is 5.73 Å². The van der Waals surface area contributed by atoms with E-state index < -0.39 is 4.92 Å². The molecular weight excluding hydrogens is 234 g/mol. The Morgan fingerprint density at radius 2 is 2.39 bits per heavy atom. The van der Waals surface area contributed by atoms with E-state index in [1.54, 1.807) is 6.07 Å². The minimum Gasteiger partial charge on any atom is -0.362 e. The zero-order valence-corrected chi connectivity index (χ0v) is 9.72. The lowest BCUT2D eigenvalue weighted by atomic mass is 9.78. The molecule has 0 radical (unpaired) electrons. The highest BCUT2D eigenvalue weighted by molar-refractivity contribution is 5.64. The number of nitro groups is 1. The highest BCUT2D eigenvalue weighted by Crippen LogP contribution is 2.31. The lowest BCUT2D eigenvalue weighted by molar-refractivity contribution is -0.384. The van der Waals surface area contributed by atoms with Crippen LogP contribution in [0.15, 0.2) is 12.3 Å². The van der Waals surface area contributed by atoms with E-state index in [-0.39, 0.29) is 22.6 Å². The first-order chi connectivity index (χ1) is 8.56. The summed E-state index contributed by atoms with van der Waals surface area (Å²) >= 11 is 0. The molecule has 0 aromatic carbocycles. The van der Waals surface area contributed by atoms with E-state index in [0.29, 0.717) is 6.54 Å². The molecule has 1 saturated carbocycles. The van der Waals surface area contributed by atoms with Crippen molar-refractivity contribution in [3.63, 3.8) is 0 Å². The van der Waals surface area contributed by atoms with Gasteiger partial charge >= 0.3 is 5.69 Å². The van der Waals surface area contributed by atoms with Gasteiger partial charge in [0, 0.05) is 18.3 Å². The summed E-state index contributed by atoms with van der Waals surface area (Å²) in [4.78, 5) is 14.3. The Morgan fingerprint density at radius 1 is 1.67 bits per heavy atom. The number of hydrogen-bond donors (Lipinski definition) is 2. The van der Waals surface area contributed by atoms with Gasteiger partial charge in [0.1, 0.15) is 11.6 Å². The van der Waals surface area contributed by atoms with Crippen LogP contribution in [0.3, 0.4) is 0 Å². The molecule has 0 amide bonds. The Kier molecular flexibility index (Phi) is 3.12. The van der Waals surface area contributed by atoms with E-state index in [1.807, 2.05) is 0 Å². The molecule has 7 heteroatoms. The van der Waals surface area contributed by atoms with Gasteiger partial charge in [-0.1, -0.05) is 0 Å². The minimum absolute atomic E-state index is 0.00261. The van der Waals surface area contributed by atoms with E-state index in [2.05, 4.69) is 10.3 Å². The molecule has 1 aromatic heterocycles. The van der Waals surface area contributed by atoms with Gasteiger partial charge in [-0.25, -0.2) is 4.98 Å². The van der Waals surface area contributed by atoms with E-state index in [4.69, 9.17) is 11.0 Å². The van der Waals surface area contributed by atoms with Crippen LogP contribution in [0, 0.1) is 21.4 Å². The van der Waals surface area contributed by atoms with Crippen molar-refractivity contribution in [1.29, 1.82) is 5.26 Å². The van der Waals surface area contributed by atoms with Crippen molar-refractivity contribution in [1.82, 2.24) is 4.98 Å². The van der Waals surface area contributed by atoms with E-state index in [1.165, 1.54) is 12.3 Å². The van der Waals surface area contributed by atoms with Crippen LogP contribution in [0.25, 0.3) is 0 Å². The first-order valence-electron chi connectivity index (χ1n) is 5.62. The normalized spacial score (nSPS) is 16.4. The minimum atomic E-state index is -0.599. The van der Waals surface area contributed by atoms with Crippen LogP contribution in [0.1, 0.15) is 24.8 Å². The fourth-order valence-electron chi connectivity index (χ4n) is 1.93. The van der Waals surface area contributed by atoms with Gasteiger partial charge in [-0.2, -0.15) is 5.26 Å². The number of nitrogens with two attached hydrogens (primary N) is 1. The molecule has 1 aliphatic rings. The summed E-state index contributed by atoms with van der Waals surface area (Å²) in [6.45, 7) is 0.426. The Hall–Kier alpha value is -2.20. The predicted octanol–water partition coefficient (Wildman–Crippen LogP) is 1.15. The van der Waals surface area contributed by atoms with Crippen molar-refractivity contribution < 1.29 is 4.92 Å². The van der Waals surface area contributed by atoms with Crippen LogP contribution >= 0.6 is 0 Å². The van der Waals surface area contributed by atoms with Gasteiger partial charge < -0.3 is 11.1 Å². The van der Waals surface area contributed by atoms with Crippen LogP contribution in [0.5, 0.6) is 0 Å². The number of pyridine rings is 1. The third-order valence-corrected chi connectivity index (χ3v) is 3.18. The molecule has 0 atom stereocenters. The summed E-state index contributed by atoms with van der Waals surface area (Å²) in [6.07, 6.45) is 4.24. The molecule has 2 rings (SSSR count). The summed E-state index contributed by atoms with van der Waals surface area (Å²) in [5.74, 6) is 0.107. The molecule has 94 valence electrons. The molecule has 1 heterocycles. The second-order valence-corrected chi connectivity index (χ2v) is 4.49. The van der Waals surface area contributed by atoms with Crippen LogP contribution in [0.2, 0.25) is 0 Å². The molecule has 7 nitrogen and oxygen atoms in total. The third kappa shape index (κ3) is 2.24. The van der Waals surface area contributed by atoms with Crippen LogP contribution in [-0.2, 0) is 0 Å². The van der Waals surface area contributed by atoms with Crippen molar-refractivity contribution >= 4 is 11.5 Å². The summed E-state index contributed by atoms with van der Waals surface area (Å²) in [6, 6.07) is 3.11. The second-order valence-electron chi connectivity index (χ2n) is 4.49. The summed E-state index contributed by atoms with van der Waals surface area (Å²) < 4.78 is 0. The predicted molar refractivity (Wildman–Crippen MR) is 64.9 cm³/mol. The lowest BCUT2D eigenvalue weighted by Crippen LogP contribution is -2.52. The largest absolute Gasteiger partial charge is 0.362 e. The van der Waals surface area contributed by atoms with Crippen molar-refractivity contribution in [2.75, 3.05) is 11.9 Å². The van der Waals surface area contributed by atoms with Crippen molar-refractivity contribution in [3.8, 4) is 6.07 Å². The van der Waals surface area contributed by atoms with Gasteiger partial charge in [0.2, 0.25) is 5.82 Å². The van der Waals surface area contributed by atoms with Gasteiger partial charge in [-0.15, -0.1) is 0 Å². The van der Waals surface area contributed by atoms with Gasteiger partial charge in [0.25, 0.3) is 0 Å². The molecule has 1 aliphatic carbocycles. The molecular formula is C11H13N5O2. The fraction of sp³-hybridized carbons (Fsp3) is 0.455. The molecule has 0 aliphatic heterocycles. The van der Waals surface area contributed by atoms with Gasteiger partial charge in [-0.3, -0.25) is 10.1 Å². The molecule has 18 heavy (non-hydrogen) atoms. The molecule has 0 bridgehead atoms. The van der Waals surface area contributed by atoms with Crippen LogP contribution in [-0.4, -0.2) is 22.0 Å². The number of rotatable bonds is 4. The maximum Gasteiger partial charge on any atom is 0.328 e. The summed E-state index contributed by atoms with van der Waals surface area (Å²) in [5.41, 5.74) is 5.42. The smallest absolute Gasteiger partial charge is 0.328 e. The Bertz CT molecular complexity index is 519. The monoisotopic (exact) mass is 247 g/mol. The molecule has 1 fully saturated rings. The topological polar surface area (TPSA) is 118 Å². The zero-order chi connectivity index (χ0) is 13.2. The highest BCUT2D eigenvalue weighted by atomic mass is 16.6. The third-order valence-electron chi connectivity index (χ3n) is 3.18. The SMILES string of the molecule is N#Cc1ccnc(NCC2(N)CCC2)c1[N+](=O)[O-]. The number of hydrogen-bond acceptors (Lipinski definition) is 6. The Labute approximate surface area is 104 Å². The molecule has 1 aromatic rings. The number of nitriles is 1. The number of nitrogens with zero attached hydrogens (tertiary/aromatic N) is 3. The zero-order valence-electron chi connectivity index (χ0n) is 9.72. The quantitative estimate of drug-likeness (QED) is 0.608. The van der Waals surface area contributed by atoms with E-state index >= 15 is 0 Å². The number of nitrogens with one attached hydrogen (secondary N) is 1. The molecule has 0 saturated heterocycles. The summed E-state index contributed by atoms with van der Waals surface area (Å²) in [7, 11) is 0. The Morgan fingerprint density at radius 3 is 2.89 bits per heavy atom. The second kappa shape index (κ2) is 4.58. The molecule has 3 N–H and O–H groups in total. The summed E-state index contributed by atoms with van der Waals surface area (Å²) in [5, 5.41) is 22.7. The number of anilines is 1. The maximum absolute atomic E-state index is 11.0. The maximum atomic E-state index is 11.0. The van der Waals surface area contributed by atoms with Gasteiger partial charge in [0.15, 0.2) is 0 Å². The van der Waals surface area contributed by atoms with Crippen molar-refractivity contribution in [3.05, 3.63) is 27.9 Å². The van der Waals surface area contributed by atoms with E-state index in [9.17, 15) is 10.1 Å². The highest BCUT2D eigenvalue weighted by Gasteiger charge is 2.33. The molecule has 0 spiro atoms.